The zero-order chi connectivity index (χ0) is 11.8. The minimum Gasteiger partial charge on any atom is -0.339 e. The van der Waals surface area contributed by atoms with E-state index >= 15 is 0 Å². The van der Waals surface area contributed by atoms with Gasteiger partial charge in [0.2, 0.25) is 5.91 Å². The summed E-state index contributed by atoms with van der Waals surface area (Å²) in [6.45, 7) is 9.19. The molecule has 0 bridgehead atoms. The summed E-state index contributed by atoms with van der Waals surface area (Å²) in [6.07, 6.45) is 4.44. The van der Waals surface area contributed by atoms with Crippen LogP contribution in [0.5, 0.6) is 0 Å². The van der Waals surface area contributed by atoms with Gasteiger partial charge >= 0.3 is 0 Å². The highest BCUT2D eigenvalue weighted by Gasteiger charge is 2.51. The lowest BCUT2D eigenvalue weighted by molar-refractivity contribution is -0.139. The van der Waals surface area contributed by atoms with Gasteiger partial charge in [-0.15, -0.1) is 0 Å². The number of carbonyl (C=O) groups is 1. The van der Waals surface area contributed by atoms with Crippen LogP contribution in [0.25, 0.3) is 0 Å². The van der Waals surface area contributed by atoms with Crippen molar-refractivity contribution in [2.24, 2.45) is 5.41 Å². The summed E-state index contributed by atoms with van der Waals surface area (Å²) in [5.41, 5.74) is 0.123. The molecule has 3 heteroatoms. The molecule has 3 nitrogen and oxygen atoms in total. The number of nitrogens with zero attached hydrogens (tertiary/aromatic N) is 1. The Morgan fingerprint density at radius 1 is 1.38 bits per heavy atom. The number of piperazine rings is 1. The molecule has 0 unspecified atom stereocenters. The van der Waals surface area contributed by atoms with E-state index in [-0.39, 0.29) is 11.0 Å². The van der Waals surface area contributed by atoms with Gasteiger partial charge in [0.05, 0.1) is 0 Å². The quantitative estimate of drug-likeness (QED) is 0.792. The van der Waals surface area contributed by atoms with Gasteiger partial charge in [-0.3, -0.25) is 4.79 Å². The van der Waals surface area contributed by atoms with Crippen molar-refractivity contribution in [1.82, 2.24) is 10.2 Å². The van der Waals surface area contributed by atoms with Gasteiger partial charge in [0.1, 0.15) is 0 Å². The number of hydrogen-bond donors (Lipinski definition) is 1. The van der Waals surface area contributed by atoms with Crippen molar-refractivity contribution in [2.75, 3.05) is 19.6 Å². The third-order valence-electron chi connectivity index (χ3n) is 3.89. The highest BCUT2D eigenvalue weighted by Crippen LogP contribution is 2.51. The molecule has 1 saturated heterocycles. The number of carbonyl (C=O) groups excluding carboxylic acids is 1. The van der Waals surface area contributed by atoms with Gasteiger partial charge in [-0.05, 0) is 33.1 Å². The average molecular weight is 224 g/mol. The smallest absolute Gasteiger partial charge is 0.228 e. The van der Waals surface area contributed by atoms with Gasteiger partial charge in [0, 0.05) is 30.6 Å². The second-order valence-electron chi connectivity index (χ2n) is 6.07. The fourth-order valence-electron chi connectivity index (χ4n) is 2.85. The lowest BCUT2D eigenvalue weighted by Crippen LogP contribution is -2.59. The van der Waals surface area contributed by atoms with Crippen molar-refractivity contribution in [3.05, 3.63) is 0 Å². The lowest BCUT2D eigenvalue weighted by atomic mass is 9.95. The first-order valence-electron chi connectivity index (χ1n) is 6.54. The molecule has 0 spiro atoms. The summed E-state index contributed by atoms with van der Waals surface area (Å²) >= 11 is 0. The maximum absolute atomic E-state index is 12.5. The van der Waals surface area contributed by atoms with E-state index in [2.05, 4.69) is 31.0 Å². The number of rotatable bonds is 3. The SMILES string of the molecule is CCCC1(C(=O)N2CCNC(C)(C)C2)CC1. The molecule has 1 aliphatic heterocycles. The zero-order valence-electron chi connectivity index (χ0n) is 10.8. The minimum absolute atomic E-state index is 0.0438. The van der Waals surface area contributed by atoms with E-state index in [0.717, 1.165) is 45.3 Å². The summed E-state index contributed by atoms with van der Waals surface area (Å²) in [4.78, 5) is 14.5. The fourth-order valence-corrected chi connectivity index (χ4v) is 2.85. The molecule has 2 aliphatic rings. The maximum atomic E-state index is 12.5. The average Bonchev–Trinajstić information content (AvgIpc) is 2.97. The summed E-state index contributed by atoms with van der Waals surface area (Å²) in [6, 6.07) is 0. The maximum Gasteiger partial charge on any atom is 0.228 e. The van der Waals surface area contributed by atoms with E-state index in [4.69, 9.17) is 0 Å². The standard InChI is InChI=1S/C13H24N2O/c1-4-5-13(6-7-13)11(16)15-9-8-14-12(2,3)10-15/h14H,4-10H2,1-3H3. The second kappa shape index (κ2) is 4.02. The molecular weight excluding hydrogens is 200 g/mol. The van der Waals surface area contributed by atoms with Crippen LogP contribution in [0.1, 0.15) is 46.5 Å². The molecule has 0 aromatic rings. The molecule has 1 saturated carbocycles. The van der Waals surface area contributed by atoms with Gasteiger partial charge in [-0.25, -0.2) is 0 Å². The molecule has 0 aromatic carbocycles. The van der Waals surface area contributed by atoms with Gasteiger partial charge in [0.25, 0.3) is 0 Å². The summed E-state index contributed by atoms with van der Waals surface area (Å²) in [7, 11) is 0. The Labute approximate surface area is 98.6 Å². The topological polar surface area (TPSA) is 32.3 Å². The normalized spacial score (nSPS) is 26.6. The van der Waals surface area contributed by atoms with E-state index in [1.807, 2.05) is 0 Å². The van der Waals surface area contributed by atoms with Crippen molar-refractivity contribution in [2.45, 2.75) is 52.0 Å². The van der Waals surface area contributed by atoms with E-state index in [0.29, 0.717) is 5.91 Å². The van der Waals surface area contributed by atoms with Crippen LogP contribution in [0.4, 0.5) is 0 Å². The highest BCUT2D eigenvalue weighted by atomic mass is 16.2. The molecule has 0 atom stereocenters. The Bertz CT molecular complexity index is 282. The molecule has 92 valence electrons. The third kappa shape index (κ3) is 2.24. The Kier molecular flexibility index (Phi) is 2.99. The van der Waals surface area contributed by atoms with Crippen LogP contribution in [-0.2, 0) is 4.79 Å². The van der Waals surface area contributed by atoms with E-state index < -0.39 is 0 Å². The van der Waals surface area contributed by atoms with Crippen molar-refractivity contribution < 1.29 is 4.79 Å². The Morgan fingerprint density at radius 2 is 2.06 bits per heavy atom. The summed E-state index contributed by atoms with van der Waals surface area (Å²) < 4.78 is 0. The van der Waals surface area contributed by atoms with Gasteiger partial charge in [-0.2, -0.15) is 0 Å². The van der Waals surface area contributed by atoms with Crippen LogP contribution < -0.4 is 5.32 Å². The Hall–Kier alpha value is -0.570. The molecular formula is C13H24N2O. The molecule has 1 amide bonds. The van der Waals surface area contributed by atoms with E-state index in [1.54, 1.807) is 0 Å². The number of amides is 1. The fraction of sp³-hybridized carbons (Fsp3) is 0.923. The van der Waals surface area contributed by atoms with Crippen molar-refractivity contribution >= 4 is 5.91 Å². The first-order valence-corrected chi connectivity index (χ1v) is 6.54. The highest BCUT2D eigenvalue weighted by molar-refractivity contribution is 5.85. The number of hydrogen-bond acceptors (Lipinski definition) is 2. The minimum atomic E-state index is 0.0438. The van der Waals surface area contributed by atoms with E-state index in [1.165, 1.54) is 0 Å². The zero-order valence-corrected chi connectivity index (χ0v) is 10.8. The van der Waals surface area contributed by atoms with Gasteiger partial charge < -0.3 is 10.2 Å². The number of nitrogens with one attached hydrogen (secondary N) is 1. The molecule has 2 rings (SSSR count). The first kappa shape index (κ1) is 11.9. The molecule has 2 fully saturated rings. The van der Waals surface area contributed by atoms with Gasteiger partial charge in [-0.1, -0.05) is 13.3 Å². The summed E-state index contributed by atoms with van der Waals surface area (Å²) in [5.74, 6) is 0.420. The molecule has 16 heavy (non-hydrogen) atoms. The lowest BCUT2D eigenvalue weighted by Gasteiger charge is -2.40. The predicted molar refractivity (Wildman–Crippen MR) is 65.2 cm³/mol. The Balaban J connectivity index is 1.99. The molecule has 0 radical (unpaired) electrons. The predicted octanol–water partition coefficient (Wildman–Crippen LogP) is 1.78. The summed E-state index contributed by atoms with van der Waals surface area (Å²) in [5, 5.41) is 3.45. The van der Waals surface area contributed by atoms with Crippen molar-refractivity contribution in [3.63, 3.8) is 0 Å². The third-order valence-corrected chi connectivity index (χ3v) is 3.89. The first-order chi connectivity index (χ1) is 7.49. The van der Waals surface area contributed by atoms with Crippen LogP contribution >= 0.6 is 0 Å². The second-order valence-corrected chi connectivity index (χ2v) is 6.07. The largest absolute Gasteiger partial charge is 0.339 e. The van der Waals surface area contributed by atoms with Crippen molar-refractivity contribution in [3.8, 4) is 0 Å². The van der Waals surface area contributed by atoms with Crippen LogP contribution in [0.3, 0.4) is 0 Å². The van der Waals surface area contributed by atoms with Crippen LogP contribution in [-0.4, -0.2) is 36.0 Å². The van der Waals surface area contributed by atoms with Crippen LogP contribution in [0.15, 0.2) is 0 Å². The Morgan fingerprint density at radius 3 is 2.56 bits per heavy atom. The van der Waals surface area contributed by atoms with E-state index in [9.17, 15) is 4.79 Å². The molecule has 0 aromatic heterocycles. The monoisotopic (exact) mass is 224 g/mol. The molecule has 1 heterocycles. The van der Waals surface area contributed by atoms with Gasteiger partial charge in [0.15, 0.2) is 0 Å². The molecule has 1 aliphatic carbocycles. The molecule has 1 N–H and O–H groups in total. The van der Waals surface area contributed by atoms with Crippen LogP contribution in [0, 0.1) is 5.41 Å². The van der Waals surface area contributed by atoms with Crippen LogP contribution in [0.2, 0.25) is 0 Å². The van der Waals surface area contributed by atoms with Crippen molar-refractivity contribution in [1.29, 1.82) is 0 Å².